The maximum atomic E-state index is 9.54. The molecule has 0 spiro atoms. The largest absolute Gasteiger partial charge is 0.392 e. The normalized spacial score (nSPS) is 38.9. The average Bonchev–Trinajstić information content (AvgIpc) is 2.47. The summed E-state index contributed by atoms with van der Waals surface area (Å²) in [6.07, 6.45) is 0.311. The van der Waals surface area contributed by atoms with Crippen molar-refractivity contribution in [1.29, 1.82) is 0 Å². The molecule has 1 radical (unpaired) electrons. The van der Waals surface area contributed by atoms with Gasteiger partial charge in [-0.2, -0.15) is 0 Å². The second-order valence-corrected chi connectivity index (χ2v) is 3.91. The van der Waals surface area contributed by atoms with E-state index in [1.807, 2.05) is 0 Å². The molecule has 4 nitrogen and oxygen atoms in total. The number of fused-ring (bicyclic) bond motifs is 1. The molecule has 3 atom stereocenters. The van der Waals surface area contributed by atoms with Gasteiger partial charge in [0.1, 0.15) is 18.3 Å². The second-order valence-electron chi connectivity index (χ2n) is 3.91. The summed E-state index contributed by atoms with van der Waals surface area (Å²) in [6, 6.07) is 0. The molecule has 0 aromatic heterocycles. The smallest absolute Gasteiger partial charge is 0.164 e. The number of rotatable bonds is 1. The zero-order chi connectivity index (χ0) is 9.64. The van der Waals surface area contributed by atoms with Gasteiger partial charge < -0.3 is 19.7 Å². The van der Waals surface area contributed by atoms with E-state index in [1.165, 1.54) is 0 Å². The van der Waals surface area contributed by atoms with Gasteiger partial charge in [0.05, 0.1) is 6.61 Å². The molecule has 2 rings (SSSR count). The van der Waals surface area contributed by atoms with Crippen molar-refractivity contribution in [3.8, 4) is 0 Å². The molecule has 0 aromatic carbocycles. The van der Waals surface area contributed by atoms with Crippen LogP contribution in [0.5, 0.6) is 0 Å². The van der Waals surface area contributed by atoms with Gasteiger partial charge in [0.25, 0.3) is 0 Å². The maximum Gasteiger partial charge on any atom is 0.164 e. The summed E-state index contributed by atoms with van der Waals surface area (Å²) in [6.45, 7) is 3.51. The summed E-state index contributed by atoms with van der Waals surface area (Å²) in [7, 11) is 0. The van der Waals surface area contributed by atoms with Crippen molar-refractivity contribution in [1.82, 2.24) is 0 Å². The Morgan fingerprint density at radius 1 is 1.43 bits per heavy atom. The predicted molar refractivity (Wildman–Crippen MR) is 45.0 cm³/mol. The fourth-order valence-electron chi connectivity index (χ4n) is 1.88. The third-order valence-electron chi connectivity index (χ3n) is 2.40. The number of ether oxygens (including phenoxy) is 2. The Bertz CT molecular complexity index is 251. The molecule has 0 amide bonds. The molecular formula is C9H14O4Y. The standard InChI is InChI=1S/C9H14O4.Y/c1-9(2)12-7-5(4-10)3-6(11)8(7)13-9;/h3,6-8,10-11H,4H2,1-2H3;/t6-,7+,8?;/m0./s1. The number of hydrogen-bond acceptors (Lipinski definition) is 4. The van der Waals surface area contributed by atoms with Crippen molar-refractivity contribution in [3.05, 3.63) is 11.6 Å². The van der Waals surface area contributed by atoms with Crippen molar-refractivity contribution < 1.29 is 52.4 Å². The van der Waals surface area contributed by atoms with Crippen molar-refractivity contribution >= 4 is 0 Å². The van der Waals surface area contributed by atoms with Crippen LogP contribution in [0.25, 0.3) is 0 Å². The maximum absolute atomic E-state index is 9.54. The average molecular weight is 275 g/mol. The monoisotopic (exact) mass is 275 g/mol. The molecule has 0 saturated carbocycles. The first-order valence-electron chi connectivity index (χ1n) is 4.38. The number of aliphatic hydroxyl groups is 2. The first-order chi connectivity index (χ1) is 6.03. The first-order valence-corrected chi connectivity index (χ1v) is 4.38. The van der Waals surface area contributed by atoms with Crippen LogP contribution in [-0.4, -0.2) is 40.9 Å². The van der Waals surface area contributed by atoms with E-state index in [0.717, 1.165) is 0 Å². The van der Waals surface area contributed by atoms with Gasteiger partial charge in [-0.1, -0.05) is 0 Å². The second kappa shape index (κ2) is 4.28. The van der Waals surface area contributed by atoms with E-state index in [4.69, 9.17) is 14.6 Å². The minimum absolute atomic E-state index is 0. The van der Waals surface area contributed by atoms with Crippen LogP contribution in [-0.2, 0) is 42.2 Å². The van der Waals surface area contributed by atoms with Crippen LogP contribution in [0.4, 0.5) is 0 Å². The molecule has 2 N–H and O–H groups in total. The SMILES string of the molecule is CC1(C)OC2[C@H](O1)C(CO)=C[C@@H]2O.[Y]. The van der Waals surface area contributed by atoms with Crippen LogP contribution in [0.1, 0.15) is 13.8 Å². The molecule has 14 heavy (non-hydrogen) atoms. The Kier molecular flexibility index (Phi) is 3.90. The molecule has 1 saturated heterocycles. The van der Waals surface area contributed by atoms with Gasteiger partial charge in [-0.05, 0) is 25.5 Å². The Morgan fingerprint density at radius 2 is 2.07 bits per heavy atom. The summed E-state index contributed by atoms with van der Waals surface area (Å²) >= 11 is 0. The molecular weight excluding hydrogens is 261 g/mol. The van der Waals surface area contributed by atoms with E-state index in [1.54, 1.807) is 19.9 Å². The molecule has 1 unspecified atom stereocenters. The van der Waals surface area contributed by atoms with Crippen molar-refractivity contribution in [2.75, 3.05) is 6.61 Å². The van der Waals surface area contributed by atoms with Crippen LogP contribution in [0.3, 0.4) is 0 Å². The zero-order valence-corrected chi connectivity index (χ0v) is 11.1. The van der Waals surface area contributed by atoms with Gasteiger partial charge in [0.15, 0.2) is 5.79 Å². The quantitative estimate of drug-likeness (QED) is 0.651. The minimum Gasteiger partial charge on any atom is -0.392 e. The molecule has 77 valence electrons. The summed E-state index contributed by atoms with van der Waals surface area (Å²) < 4.78 is 11.0. The fraction of sp³-hybridized carbons (Fsp3) is 0.778. The van der Waals surface area contributed by atoms with Gasteiger partial charge in [-0.25, -0.2) is 0 Å². The van der Waals surface area contributed by atoms with Crippen molar-refractivity contribution in [2.24, 2.45) is 0 Å². The molecule has 1 aliphatic carbocycles. The Morgan fingerprint density at radius 3 is 2.64 bits per heavy atom. The van der Waals surface area contributed by atoms with E-state index in [-0.39, 0.29) is 51.5 Å². The third-order valence-corrected chi connectivity index (χ3v) is 2.40. The van der Waals surface area contributed by atoms with E-state index >= 15 is 0 Å². The van der Waals surface area contributed by atoms with Gasteiger partial charge in [-0.3, -0.25) is 0 Å². The zero-order valence-electron chi connectivity index (χ0n) is 8.30. The summed E-state index contributed by atoms with van der Waals surface area (Å²) in [5.41, 5.74) is 0.711. The van der Waals surface area contributed by atoms with Gasteiger partial charge in [-0.15, -0.1) is 0 Å². The topological polar surface area (TPSA) is 58.9 Å². The van der Waals surface area contributed by atoms with E-state index < -0.39 is 11.9 Å². The van der Waals surface area contributed by atoms with E-state index in [2.05, 4.69) is 0 Å². The Hall–Kier alpha value is 0.684. The van der Waals surface area contributed by atoms with Crippen molar-refractivity contribution in [3.63, 3.8) is 0 Å². The predicted octanol–water partition coefficient (Wildman–Crippen LogP) is -0.203. The van der Waals surface area contributed by atoms with Gasteiger partial charge >= 0.3 is 0 Å². The molecule has 5 heteroatoms. The molecule has 1 fully saturated rings. The van der Waals surface area contributed by atoms with Gasteiger partial charge in [0, 0.05) is 32.7 Å². The molecule has 1 aliphatic heterocycles. The third kappa shape index (κ3) is 2.10. The molecule has 1 heterocycles. The Labute approximate surface area is 108 Å². The van der Waals surface area contributed by atoms with E-state index in [9.17, 15) is 5.11 Å². The first kappa shape index (κ1) is 12.8. The minimum atomic E-state index is -0.662. The van der Waals surface area contributed by atoms with Crippen LogP contribution in [0, 0.1) is 0 Å². The Balaban J connectivity index is 0.000000980. The van der Waals surface area contributed by atoms with E-state index in [0.29, 0.717) is 5.57 Å². The number of hydrogen-bond donors (Lipinski definition) is 2. The van der Waals surface area contributed by atoms with Crippen LogP contribution < -0.4 is 0 Å². The van der Waals surface area contributed by atoms with Gasteiger partial charge in [0.2, 0.25) is 0 Å². The molecule has 0 aromatic rings. The van der Waals surface area contributed by atoms with Crippen LogP contribution >= 0.6 is 0 Å². The number of aliphatic hydroxyl groups excluding tert-OH is 2. The van der Waals surface area contributed by atoms with Crippen LogP contribution in [0.2, 0.25) is 0 Å². The molecule has 0 bridgehead atoms. The fourth-order valence-corrected chi connectivity index (χ4v) is 1.88. The van der Waals surface area contributed by atoms with Crippen LogP contribution in [0.15, 0.2) is 11.6 Å². The van der Waals surface area contributed by atoms with Crippen molar-refractivity contribution in [2.45, 2.75) is 37.9 Å². The summed E-state index contributed by atoms with van der Waals surface area (Å²) in [5.74, 6) is -0.662. The summed E-state index contributed by atoms with van der Waals surface area (Å²) in [5, 5.41) is 18.5. The summed E-state index contributed by atoms with van der Waals surface area (Å²) in [4.78, 5) is 0. The molecule has 2 aliphatic rings.